The quantitative estimate of drug-likeness (QED) is 0.574. The fourth-order valence-electron chi connectivity index (χ4n) is 3.40. The van der Waals surface area contributed by atoms with Crippen molar-refractivity contribution in [3.8, 4) is 17.6 Å². The first-order valence-corrected chi connectivity index (χ1v) is 9.03. The molecule has 1 saturated heterocycles. The van der Waals surface area contributed by atoms with E-state index in [9.17, 15) is 14.9 Å². The van der Waals surface area contributed by atoms with Crippen LogP contribution in [0.2, 0.25) is 0 Å². The van der Waals surface area contributed by atoms with Gasteiger partial charge in [-0.15, -0.1) is 0 Å². The second kappa shape index (κ2) is 8.28. The van der Waals surface area contributed by atoms with E-state index in [1.54, 1.807) is 38.3 Å². The molecule has 146 valence electrons. The van der Waals surface area contributed by atoms with Gasteiger partial charge in [-0.25, -0.2) is 0 Å². The Bertz CT molecular complexity index is 904. The molecule has 0 N–H and O–H groups in total. The average molecular weight is 382 g/mol. The standard InChI is InChI=1S/C21H22N2O5/c1-13-16(9-14-6-7-18(26-2)19(10-14)27-3)20(24)23(21(25)17(13)11-22)12-15-5-4-8-28-15/h6-7,9-10,15H,4-5,8,12H2,1-3H3/b16-9+. The highest BCUT2D eigenvalue weighted by atomic mass is 16.5. The first-order valence-electron chi connectivity index (χ1n) is 9.03. The van der Waals surface area contributed by atoms with Crippen LogP contribution in [0.4, 0.5) is 0 Å². The molecule has 2 aliphatic heterocycles. The van der Waals surface area contributed by atoms with Crippen LogP contribution in [0.3, 0.4) is 0 Å². The largest absolute Gasteiger partial charge is 0.493 e. The van der Waals surface area contributed by atoms with Crippen molar-refractivity contribution in [2.45, 2.75) is 25.9 Å². The monoisotopic (exact) mass is 382 g/mol. The third kappa shape index (κ3) is 3.64. The summed E-state index contributed by atoms with van der Waals surface area (Å²) in [6, 6.07) is 7.19. The Morgan fingerprint density at radius 1 is 1.25 bits per heavy atom. The van der Waals surface area contributed by atoms with Gasteiger partial charge < -0.3 is 14.2 Å². The molecule has 2 heterocycles. The molecule has 2 amide bonds. The van der Waals surface area contributed by atoms with Gasteiger partial charge in [-0.2, -0.15) is 5.26 Å². The van der Waals surface area contributed by atoms with Crippen molar-refractivity contribution in [3.05, 3.63) is 40.5 Å². The molecular formula is C21H22N2O5. The number of nitrogens with zero attached hydrogens (tertiary/aromatic N) is 2. The molecule has 0 saturated carbocycles. The molecule has 0 aromatic heterocycles. The van der Waals surface area contributed by atoms with Gasteiger partial charge >= 0.3 is 0 Å². The maximum Gasteiger partial charge on any atom is 0.271 e. The van der Waals surface area contributed by atoms with E-state index in [1.807, 2.05) is 6.07 Å². The van der Waals surface area contributed by atoms with E-state index in [-0.39, 0.29) is 18.2 Å². The SMILES string of the molecule is COc1ccc(/C=C2/C(=O)N(CC3CCCO3)C(=O)C(C#N)=C2C)cc1OC. The normalized spacial score (nSPS) is 21.3. The van der Waals surface area contributed by atoms with Gasteiger partial charge in [0.25, 0.3) is 11.8 Å². The molecule has 1 unspecified atom stereocenters. The minimum Gasteiger partial charge on any atom is -0.493 e. The number of imide groups is 1. The predicted molar refractivity (Wildman–Crippen MR) is 102 cm³/mol. The van der Waals surface area contributed by atoms with E-state index in [1.165, 1.54) is 7.11 Å². The summed E-state index contributed by atoms with van der Waals surface area (Å²) in [6.45, 7) is 2.39. The smallest absolute Gasteiger partial charge is 0.271 e. The molecule has 1 aromatic rings. The summed E-state index contributed by atoms with van der Waals surface area (Å²) >= 11 is 0. The maximum absolute atomic E-state index is 13.1. The molecule has 1 atom stereocenters. The van der Waals surface area contributed by atoms with E-state index >= 15 is 0 Å². The van der Waals surface area contributed by atoms with Crippen molar-refractivity contribution in [2.24, 2.45) is 0 Å². The Kier molecular flexibility index (Phi) is 5.81. The van der Waals surface area contributed by atoms with Gasteiger partial charge in [0.15, 0.2) is 11.5 Å². The molecular weight excluding hydrogens is 360 g/mol. The van der Waals surface area contributed by atoms with Crippen LogP contribution in [0.25, 0.3) is 6.08 Å². The topological polar surface area (TPSA) is 88.9 Å². The fourth-order valence-corrected chi connectivity index (χ4v) is 3.40. The van der Waals surface area contributed by atoms with Crippen molar-refractivity contribution in [1.82, 2.24) is 4.90 Å². The van der Waals surface area contributed by atoms with E-state index < -0.39 is 11.8 Å². The number of nitriles is 1. The zero-order valence-electron chi connectivity index (χ0n) is 16.2. The summed E-state index contributed by atoms with van der Waals surface area (Å²) in [6.07, 6.45) is 3.16. The highest BCUT2D eigenvalue weighted by molar-refractivity contribution is 6.19. The van der Waals surface area contributed by atoms with Gasteiger partial charge in [-0.3, -0.25) is 14.5 Å². The van der Waals surface area contributed by atoms with Crippen molar-refractivity contribution < 1.29 is 23.8 Å². The van der Waals surface area contributed by atoms with Crippen molar-refractivity contribution in [2.75, 3.05) is 27.4 Å². The zero-order chi connectivity index (χ0) is 20.3. The number of hydrogen-bond donors (Lipinski definition) is 0. The Morgan fingerprint density at radius 3 is 2.61 bits per heavy atom. The Labute approximate surface area is 163 Å². The van der Waals surface area contributed by atoms with Crippen molar-refractivity contribution in [3.63, 3.8) is 0 Å². The van der Waals surface area contributed by atoms with Crippen LogP contribution in [-0.4, -0.2) is 50.2 Å². The maximum atomic E-state index is 13.1. The van der Waals surface area contributed by atoms with E-state index in [0.29, 0.717) is 34.8 Å². The van der Waals surface area contributed by atoms with Crippen LogP contribution < -0.4 is 9.47 Å². The highest BCUT2D eigenvalue weighted by Crippen LogP contribution is 2.31. The van der Waals surface area contributed by atoms with Gasteiger partial charge in [0.2, 0.25) is 0 Å². The lowest BCUT2D eigenvalue weighted by molar-refractivity contribution is -0.142. The number of amides is 2. The molecule has 0 spiro atoms. The van der Waals surface area contributed by atoms with Crippen molar-refractivity contribution in [1.29, 1.82) is 5.26 Å². The summed E-state index contributed by atoms with van der Waals surface area (Å²) in [4.78, 5) is 26.8. The summed E-state index contributed by atoms with van der Waals surface area (Å²) in [5.74, 6) is 0.103. The number of carbonyl (C=O) groups excluding carboxylic acids is 2. The van der Waals surface area contributed by atoms with Crippen LogP contribution in [0.1, 0.15) is 25.3 Å². The number of carbonyl (C=O) groups is 2. The second-order valence-corrected chi connectivity index (χ2v) is 6.64. The van der Waals surface area contributed by atoms with Crippen LogP contribution >= 0.6 is 0 Å². The van der Waals surface area contributed by atoms with E-state index in [4.69, 9.17) is 14.2 Å². The highest BCUT2D eigenvalue weighted by Gasteiger charge is 2.37. The fraction of sp³-hybridized carbons (Fsp3) is 0.381. The Balaban J connectivity index is 2.01. The van der Waals surface area contributed by atoms with Gasteiger partial charge in [0.05, 0.1) is 26.9 Å². The zero-order valence-corrected chi connectivity index (χ0v) is 16.2. The molecule has 7 heteroatoms. The van der Waals surface area contributed by atoms with Gasteiger partial charge in [-0.05, 0) is 49.1 Å². The van der Waals surface area contributed by atoms with Crippen LogP contribution in [0, 0.1) is 11.3 Å². The predicted octanol–water partition coefficient (Wildman–Crippen LogP) is 2.48. The third-order valence-corrected chi connectivity index (χ3v) is 4.95. The Hall–Kier alpha value is -3.11. The molecule has 2 aliphatic rings. The Morgan fingerprint density at radius 2 is 2.00 bits per heavy atom. The summed E-state index contributed by atoms with van der Waals surface area (Å²) in [5.41, 5.74) is 1.35. The van der Waals surface area contributed by atoms with Crippen LogP contribution in [0.5, 0.6) is 11.5 Å². The molecule has 3 rings (SSSR count). The first kappa shape index (κ1) is 19.6. The number of benzene rings is 1. The van der Waals surface area contributed by atoms with Crippen LogP contribution in [0.15, 0.2) is 34.9 Å². The molecule has 28 heavy (non-hydrogen) atoms. The third-order valence-electron chi connectivity index (χ3n) is 4.95. The number of rotatable bonds is 5. The molecule has 0 aliphatic carbocycles. The number of ether oxygens (including phenoxy) is 3. The van der Waals surface area contributed by atoms with E-state index in [2.05, 4.69) is 0 Å². The second-order valence-electron chi connectivity index (χ2n) is 6.64. The molecule has 7 nitrogen and oxygen atoms in total. The van der Waals surface area contributed by atoms with Gasteiger partial charge in [0.1, 0.15) is 11.6 Å². The van der Waals surface area contributed by atoms with Gasteiger partial charge in [0, 0.05) is 12.2 Å². The molecule has 1 aromatic carbocycles. The average Bonchev–Trinajstić information content (AvgIpc) is 3.22. The summed E-state index contributed by atoms with van der Waals surface area (Å²) in [7, 11) is 3.07. The molecule has 0 bridgehead atoms. The summed E-state index contributed by atoms with van der Waals surface area (Å²) in [5, 5.41) is 9.47. The lowest BCUT2D eigenvalue weighted by atomic mass is 9.93. The minimum atomic E-state index is -0.565. The van der Waals surface area contributed by atoms with Crippen molar-refractivity contribution >= 4 is 17.9 Å². The molecule has 0 radical (unpaired) electrons. The lowest BCUT2D eigenvalue weighted by Gasteiger charge is -2.29. The lowest BCUT2D eigenvalue weighted by Crippen LogP contribution is -2.46. The number of methoxy groups -OCH3 is 2. The van der Waals surface area contributed by atoms with E-state index in [0.717, 1.165) is 17.7 Å². The minimum absolute atomic E-state index is 0.0238. The number of hydrogen-bond acceptors (Lipinski definition) is 6. The molecule has 1 fully saturated rings. The van der Waals surface area contributed by atoms with Gasteiger partial charge in [-0.1, -0.05) is 6.07 Å². The van der Waals surface area contributed by atoms with Crippen LogP contribution in [-0.2, 0) is 14.3 Å². The summed E-state index contributed by atoms with van der Waals surface area (Å²) < 4.78 is 16.1. The first-order chi connectivity index (χ1) is 13.5.